The van der Waals surface area contributed by atoms with Crippen LogP contribution in [-0.4, -0.2) is 50.7 Å². The lowest BCUT2D eigenvalue weighted by molar-refractivity contribution is -0.137. The van der Waals surface area contributed by atoms with Crippen LogP contribution in [0.1, 0.15) is 78.1 Å². The van der Waals surface area contributed by atoms with Crippen LogP contribution in [0.5, 0.6) is 0 Å². The van der Waals surface area contributed by atoms with E-state index in [1.165, 1.54) is 44.6 Å². The number of esters is 1. The molecule has 0 unspecified atom stereocenters. The molecule has 0 rings (SSSR count). The van der Waals surface area contributed by atoms with Crippen LogP contribution in [0.2, 0.25) is 0 Å². The summed E-state index contributed by atoms with van der Waals surface area (Å²) in [6, 6.07) is 0. The van der Waals surface area contributed by atoms with Gasteiger partial charge in [0.25, 0.3) is 0 Å². The van der Waals surface area contributed by atoms with Crippen molar-refractivity contribution < 1.29 is 24.1 Å². The fourth-order valence-corrected chi connectivity index (χ4v) is 2.10. The van der Waals surface area contributed by atoms with E-state index in [1.54, 1.807) is 0 Å². The number of hydrogen-bond donors (Lipinski definition) is 1. The molecular weight excluding hydrogens is 332 g/mol. The molecule has 156 valence electrons. The number of carbonyl (C=O) groups is 1. The van der Waals surface area contributed by atoms with Gasteiger partial charge in [-0.2, -0.15) is 0 Å². The molecule has 0 aliphatic heterocycles. The minimum atomic E-state index is -0.307. The number of unbranched alkanes of at least 4 members (excludes halogenated alkanes) is 8. The summed E-state index contributed by atoms with van der Waals surface area (Å²) in [5, 5.41) is 8.34. The lowest BCUT2D eigenvalue weighted by atomic mass is 10.1. The first-order chi connectivity index (χ1) is 12.7. The summed E-state index contributed by atoms with van der Waals surface area (Å²) in [6.45, 7) is 10.8. The van der Waals surface area contributed by atoms with Gasteiger partial charge in [0.05, 0.1) is 33.0 Å². The molecule has 0 aliphatic carbocycles. The fourth-order valence-electron chi connectivity index (χ4n) is 2.10. The van der Waals surface area contributed by atoms with Gasteiger partial charge in [0, 0.05) is 12.7 Å². The Labute approximate surface area is 161 Å². The molecule has 0 atom stereocenters. The van der Waals surface area contributed by atoms with Crippen molar-refractivity contribution in [3.63, 3.8) is 0 Å². The van der Waals surface area contributed by atoms with Crippen molar-refractivity contribution >= 4 is 5.97 Å². The van der Waals surface area contributed by atoms with E-state index in [0.29, 0.717) is 26.4 Å². The molecule has 0 saturated carbocycles. The molecule has 0 aromatic rings. The second kappa shape index (κ2) is 26.3. The first-order valence-corrected chi connectivity index (χ1v) is 10.3. The van der Waals surface area contributed by atoms with Crippen molar-refractivity contribution in [2.75, 3.05) is 39.6 Å². The van der Waals surface area contributed by atoms with E-state index >= 15 is 0 Å². The van der Waals surface area contributed by atoms with Gasteiger partial charge in [-0.25, -0.2) is 4.79 Å². The molecule has 0 bridgehead atoms. The minimum Gasteiger partial charge on any atom is -0.463 e. The molecule has 0 fully saturated rings. The van der Waals surface area contributed by atoms with Gasteiger partial charge in [0.1, 0.15) is 0 Å². The average molecular weight is 375 g/mol. The maximum atomic E-state index is 10.7. The van der Waals surface area contributed by atoms with Crippen molar-refractivity contribution in [3.05, 3.63) is 12.7 Å². The summed E-state index contributed by atoms with van der Waals surface area (Å²) in [5.74, 6) is -0.307. The Bertz CT molecular complexity index is 274. The number of hydrogen-bond acceptors (Lipinski definition) is 5. The van der Waals surface area contributed by atoms with E-state index in [2.05, 4.69) is 20.4 Å². The predicted molar refractivity (Wildman–Crippen MR) is 107 cm³/mol. The van der Waals surface area contributed by atoms with Gasteiger partial charge < -0.3 is 19.3 Å². The van der Waals surface area contributed by atoms with Crippen molar-refractivity contribution in [3.8, 4) is 0 Å². The largest absolute Gasteiger partial charge is 0.463 e. The van der Waals surface area contributed by atoms with Gasteiger partial charge >= 0.3 is 5.97 Å². The standard InChI is InChI=1S/C13H24O2.C8H18O3/c1-3-5-6-7-8-9-10-11-12-15-13(14)4-2;1-2-3-5-10-7-8-11-6-4-9/h4H,2-3,5-12H2,1H3;9H,2-8H2,1H3. The first kappa shape index (κ1) is 27.3. The quantitative estimate of drug-likeness (QED) is 0.215. The highest BCUT2D eigenvalue weighted by atomic mass is 16.5. The summed E-state index contributed by atoms with van der Waals surface area (Å²) in [4.78, 5) is 10.7. The Morgan fingerprint density at radius 1 is 0.769 bits per heavy atom. The molecule has 0 spiro atoms. The van der Waals surface area contributed by atoms with Crippen LogP contribution in [0.15, 0.2) is 12.7 Å². The summed E-state index contributed by atoms with van der Waals surface area (Å²) in [5.41, 5.74) is 0. The predicted octanol–water partition coefficient (Wildman–Crippen LogP) is 4.67. The third-order valence-corrected chi connectivity index (χ3v) is 3.66. The minimum absolute atomic E-state index is 0.0922. The highest BCUT2D eigenvalue weighted by Gasteiger charge is 1.95. The molecule has 0 aliphatic rings. The van der Waals surface area contributed by atoms with E-state index in [-0.39, 0.29) is 12.6 Å². The van der Waals surface area contributed by atoms with Crippen LogP contribution >= 0.6 is 0 Å². The zero-order valence-electron chi connectivity index (χ0n) is 17.2. The van der Waals surface area contributed by atoms with E-state index in [4.69, 9.17) is 19.3 Å². The smallest absolute Gasteiger partial charge is 0.330 e. The zero-order chi connectivity index (χ0) is 19.7. The van der Waals surface area contributed by atoms with E-state index in [9.17, 15) is 4.79 Å². The third kappa shape index (κ3) is 27.9. The van der Waals surface area contributed by atoms with Crippen molar-refractivity contribution in [1.29, 1.82) is 0 Å². The number of aliphatic hydroxyl groups is 1. The average Bonchev–Trinajstić information content (AvgIpc) is 2.66. The van der Waals surface area contributed by atoms with Crippen LogP contribution in [0.3, 0.4) is 0 Å². The van der Waals surface area contributed by atoms with Crippen LogP contribution in [0.4, 0.5) is 0 Å². The van der Waals surface area contributed by atoms with E-state index in [0.717, 1.165) is 32.3 Å². The molecule has 0 heterocycles. The molecule has 26 heavy (non-hydrogen) atoms. The highest BCUT2D eigenvalue weighted by Crippen LogP contribution is 2.08. The second-order valence-corrected chi connectivity index (χ2v) is 6.15. The summed E-state index contributed by atoms with van der Waals surface area (Å²) < 4.78 is 15.1. The van der Waals surface area contributed by atoms with Gasteiger partial charge in [0.2, 0.25) is 0 Å². The second-order valence-electron chi connectivity index (χ2n) is 6.15. The lowest BCUT2D eigenvalue weighted by Gasteiger charge is -2.02. The van der Waals surface area contributed by atoms with Gasteiger partial charge in [-0.05, 0) is 12.8 Å². The molecular formula is C21H42O5. The topological polar surface area (TPSA) is 65.0 Å². The summed E-state index contributed by atoms with van der Waals surface area (Å²) in [7, 11) is 0. The zero-order valence-corrected chi connectivity index (χ0v) is 17.2. The molecule has 1 N–H and O–H groups in total. The number of rotatable bonds is 18. The van der Waals surface area contributed by atoms with Gasteiger partial charge in [-0.1, -0.05) is 71.8 Å². The maximum absolute atomic E-state index is 10.7. The molecule has 0 aromatic carbocycles. The van der Waals surface area contributed by atoms with Crippen LogP contribution < -0.4 is 0 Å². The molecule has 0 aromatic heterocycles. The maximum Gasteiger partial charge on any atom is 0.330 e. The number of aliphatic hydroxyl groups excluding tert-OH is 1. The molecule has 0 radical (unpaired) electrons. The van der Waals surface area contributed by atoms with Crippen molar-refractivity contribution in [2.24, 2.45) is 0 Å². The Morgan fingerprint density at radius 2 is 1.31 bits per heavy atom. The molecule has 5 heteroatoms. The van der Waals surface area contributed by atoms with Crippen LogP contribution in [0, 0.1) is 0 Å². The van der Waals surface area contributed by atoms with Crippen molar-refractivity contribution in [2.45, 2.75) is 78.1 Å². The van der Waals surface area contributed by atoms with Crippen LogP contribution in [-0.2, 0) is 19.0 Å². The fraction of sp³-hybridized carbons (Fsp3) is 0.857. The Kier molecular flexibility index (Phi) is 27.6. The highest BCUT2D eigenvalue weighted by molar-refractivity contribution is 5.81. The normalized spacial score (nSPS) is 10.1. The van der Waals surface area contributed by atoms with Gasteiger partial charge in [0.15, 0.2) is 0 Å². The van der Waals surface area contributed by atoms with E-state index in [1.807, 2.05) is 0 Å². The lowest BCUT2D eigenvalue weighted by Crippen LogP contribution is -2.07. The SMILES string of the molecule is C=CC(=O)OCCCCCCCCCC.CCCCOCCOCCO. The summed E-state index contributed by atoms with van der Waals surface area (Å²) in [6.07, 6.45) is 13.6. The van der Waals surface area contributed by atoms with Gasteiger partial charge in [-0.15, -0.1) is 0 Å². The third-order valence-electron chi connectivity index (χ3n) is 3.66. The van der Waals surface area contributed by atoms with Gasteiger partial charge in [-0.3, -0.25) is 0 Å². The monoisotopic (exact) mass is 374 g/mol. The number of ether oxygens (including phenoxy) is 3. The van der Waals surface area contributed by atoms with E-state index < -0.39 is 0 Å². The number of carbonyl (C=O) groups excluding carboxylic acids is 1. The van der Waals surface area contributed by atoms with Crippen molar-refractivity contribution in [1.82, 2.24) is 0 Å². The first-order valence-electron chi connectivity index (χ1n) is 10.3. The molecule has 0 saturated heterocycles. The summed E-state index contributed by atoms with van der Waals surface area (Å²) >= 11 is 0. The molecule has 5 nitrogen and oxygen atoms in total. The Morgan fingerprint density at radius 3 is 1.85 bits per heavy atom. The van der Waals surface area contributed by atoms with Crippen LogP contribution in [0.25, 0.3) is 0 Å². The Hall–Kier alpha value is -0.910. The molecule has 0 amide bonds. The Balaban J connectivity index is 0.